The second-order valence-electron chi connectivity index (χ2n) is 7.80. The van der Waals surface area contributed by atoms with Crippen molar-refractivity contribution in [3.8, 4) is 5.75 Å². The van der Waals surface area contributed by atoms with Crippen LogP contribution in [0.15, 0.2) is 78.9 Å². The Morgan fingerprint density at radius 3 is 2.32 bits per heavy atom. The minimum Gasteiger partial charge on any atom is -0.497 e. The fraction of sp³-hybridized carbons (Fsp3) is 0.269. The van der Waals surface area contributed by atoms with Crippen LogP contribution in [0.3, 0.4) is 0 Å². The van der Waals surface area contributed by atoms with Gasteiger partial charge >= 0.3 is 0 Å². The summed E-state index contributed by atoms with van der Waals surface area (Å²) in [6.07, 6.45) is 3.82. The summed E-state index contributed by atoms with van der Waals surface area (Å²) in [6.45, 7) is 2.23. The molecule has 1 heterocycles. The summed E-state index contributed by atoms with van der Waals surface area (Å²) >= 11 is 0. The lowest BCUT2D eigenvalue weighted by molar-refractivity contribution is -0.117. The van der Waals surface area contributed by atoms with Gasteiger partial charge in [0.05, 0.1) is 7.11 Å². The first-order chi connectivity index (χ1) is 15.2. The zero-order valence-electron chi connectivity index (χ0n) is 17.9. The maximum absolute atomic E-state index is 13.2. The average Bonchev–Trinajstić information content (AvgIpc) is 2.84. The number of benzene rings is 3. The van der Waals surface area contributed by atoms with Gasteiger partial charge in [0, 0.05) is 36.2 Å². The van der Waals surface area contributed by atoms with E-state index < -0.39 is 6.04 Å². The van der Waals surface area contributed by atoms with E-state index in [9.17, 15) is 4.79 Å². The van der Waals surface area contributed by atoms with Gasteiger partial charge in [-0.25, -0.2) is 0 Å². The lowest BCUT2D eigenvalue weighted by atomic mass is 10.1. The first-order valence-electron chi connectivity index (χ1n) is 10.8. The standard InChI is InChI=1S/C26H29N3O2/c1-31-24-12-8-11-22(19-24)28-26(30)25(20-9-4-2-5-10-20)27-21-13-15-23(16-14-21)29-17-6-3-7-18-29/h2,4-5,8-16,19,25,27H,3,6-7,17-18H2,1H3,(H,28,30)/t25-/m1/s1. The van der Waals surface area contributed by atoms with Crippen LogP contribution in [-0.2, 0) is 4.79 Å². The number of nitrogens with zero attached hydrogens (tertiary/aromatic N) is 1. The molecule has 0 spiro atoms. The Balaban J connectivity index is 1.52. The van der Waals surface area contributed by atoms with E-state index in [2.05, 4.69) is 39.8 Å². The smallest absolute Gasteiger partial charge is 0.251 e. The van der Waals surface area contributed by atoms with E-state index in [1.807, 2.05) is 54.6 Å². The molecule has 1 fully saturated rings. The molecule has 0 radical (unpaired) electrons. The summed E-state index contributed by atoms with van der Waals surface area (Å²) < 4.78 is 5.27. The average molecular weight is 416 g/mol. The molecule has 1 amide bonds. The van der Waals surface area contributed by atoms with E-state index in [-0.39, 0.29) is 5.91 Å². The highest BCUT2D eigenvalue weighted by Gasteiger charge is 2.21. The second kappa shape index (κ2) is 10.0. The number of hydrogen-bond acceptors (Lipinski definition) is 4. The minimum absolute atomic E-state index is 0.125. The quantitative estimate of drug-likeness (QED) is 0.537. The largest absolute Gasteiger partial charge is 0.497 e. The Bertz CT molecular complexity index is 983. The lowest BCUT2D eigenvalue weighted by Gasteiger charge is -2.29. The molecule has 1 aliphatic heterocycles. The molecule has 1 aliphatic rings. The Hall–Kier alpha value is -3.47. The van der Waals surface area contributed by atoms with Gasteiger partial charge in [0.15, 0.2) is 0 Å². The Morgan fingerprint density at radius 2 is 1.61 bits per heavy atom. The van der Waals surface area contributed by atoms with E-state index in [1.165, 1.54) is 24.9 Å². The van der Waals surface area contributed by atoms with Crippen LogP contribution in [0.1, 0.15) is 30.9 Å². The van der Waals surface area contributed by atoms with Crippen LogP contribution in [0.5, 0.6) is 5.75 Å². The number of carbonyl (C=O) groups is 1. The highest BCUT2D eigenvalue weighted by Crippen LogP contribution is 2.26. The van der Waals surface area contributed by atoms with E-state index in [0.29, 0.717) is 11.4 Å². The molecule has 1 atom stereocenters. The topological polar surface area (TPSA) is 53.6 Å². The molecule has 31 heavy (non-hydrogen) atoms. The maximum Gasteiger partial charge on any atom is 0.251 e. The minimum atomic E-state index is -0.520. The molecular weight excluding hydrogens is 386 g/mol. The van der Waals surface area contributed by atoms with E-state index in [0.717, 1.165) is 24.3 Å². The van der Waals surface area contributed by atoms with Gasteiger partial charge in [0.1, 0.15) is 11.8 Å². The van der Waals surface area contributed by atoms with E-state index in [1.54, 1.807) is 7.11 Å². The number of ether oxygens (including phenoxy) is 1. The number of amides is 1. The second-order valence-corrected chi connectivity index (χ2v) is 7.80. The normalized spacial score (nSPS) is 14.5. The molecule has 1 saturated heterocycles. The zero-order chi connectivity index (χ0) is 21.5. The van der Waals surface area contributed by atoms with Gasteiger partial charge in [0.2, 0.25) is 0 Å². The third-order valence-corrected chi connectivity index (χ3v) is 5.63. The summed E-state index contributed by atoms with van der Waals surface area (Å²) in [6, 6.07) is 25.0. The summed E-state index contributed by atoms with van der Waals surface area (Å²) in [5.74, 6) is 0.579. The number of methoxy groups -OCH3 is 1. The predicted octanol–water partition coefficient (Wildman–Crippen LogP) is 5.48. The predicted molar refractivity (Wildman–Crippen MR) is 127 cm³/mol. The number of piperidine rings is 1. The van der Waals surface area contributed by atoms with Gasteiger partial charge in [-0.15, -0.1) is 0 Å². The highest BCUT2D eigenvalue weighted by atomic mass is 16.5. The molecule has 0 aromatic heterocycles. The van der Waals surface area contributed by atoms with Crippen LogP contribution >= 0.6 is 0 Å². The molecule has 3 aromatic carbocycles. The molecular formula is C26H29N3O2. The summed E-state index contributed by atoms with van der Waals surface area (Å²) in [5.41, 5.74) is 3.76. The van der Waals surface area contributed by atoms with Gasteiger partial charge in [-0.05, 0) is 61.2 Å². The SMILES string of the molecule is COc1cccc(NC(=O)[C@H](Nc2ccc(N3CCCCC3)cc2)c2ccccc2)c1. The van der Waals surface area contributed by atoms with Crippen molar-refractivity contribution in [2.75, 3.05) is 35.7 Å². The molecule has 3 aromatic rings. The van der Waals surface area contributed by atoms with Crippen molar-refractivity contribution >= 4 is 23.0 Å². The first kappa shape index (κ1) is 20.8. The summed E-state index contributed by atoms with van der Waals surface area (Å²) in [5, 5.41) is 6.42. The molecule has 2 N–H and O–H groups in total. The van der Waals surface area contributed by atoms with Crippen molar-refractivity contribution in [1.82, 2.24) is 0 Å². The molecule has 0 bridgehead atoms. The van der Waals surface area contributed by atoms with Crippen molar-refractivity contribution in [3.05, 3.63) is 84.4 Å². The fourth-order valence-corrected chi connectivity index (χ4v) is 3.95. The van der Waals surface area contributed by atoms with Crippen LogP contribution in [0, 0.1) is 0 Å². The van der Waals surface area contributed by atoms with Crippen LogP contribution in [0.25, 0.3) is 0 Å². The number of rotatable bonds is 7. The van der Waals surface area contributed by atoms with Crippen molar-refractivity contribution in [3.63, 3.8) is 0 Å². The molecule has 0 aliphatic carbocycles. The molecule has 160 valence electrons. The summed E-state index contributed by atoms with van der Waals surface area (Å²) in [4.78, 5) is 15.6. The van der Waals surface area contributed by atoms with Crippen LogP contribution in [0.2, 0.25) is 0 Å². The van der Waals surface area contributed by atoms with Gasteiger partial charge in [-0.1, -0.05) is 36.4 Å². The zero-order valence-corrected chi connectivity index (χ0v) is 17.9. The van der Waals surface area contributed by atoms with Gasteiger partial charge in [-0.2, -0.15) is 0 Å². The number of carbonyl (C=O) groups excluding carboxylic acids is 1. The van der Waals surface area contributed by atoms with Crippen molar-refractivity contribution in [2.45, 2.75) is 25.3 Å². The van der Waals surface area contributed by atoms with Crippen LogP contribution in [-0.4, -0.2) is 26.1 Å². The van der Waals surface area contributed by atoms with Crippen LogP contribution < -0.4 is 20.3 Å². The van der Waals surface area contributed by atoms with Crippen molar-refractivity contribution in [2.24, 2.45) is 0 Å². The third-order valence-electron chi connectivity index (χ3n) is 5.63. The van der Waals surface area contributed by atoms with E-state index in [4.69, 9.17) is 4.74 Å². The molecule has 5 nitrogen and oxygen atoms in total. The van der Waals surface area contributed by atoms with Gasteiger partial charge < -0.3 is 20.3 Å². The first-order valence-corrected chi connectivity index (χ1v) is 10.8. The summed E-state index contributed by atoms with van der Waals surface area (Å²) in [7, 11) is 1.61. The fourth-order valence-electron chi connectivity index (χ4n) is 3.95. The maximum atomic E-state index is 13.2. The Kier molecular flexibility index (Phi) is 6.72. The van der Waals surface area contributed by atoms with Gasteiger partial charge in [0.25, 0.3) is 5.91 Å². The molecule has 0 saturated carbocycles. The molecule has 4 rings (SSSR count). The van der Waals surface area contributed by atoms with Crippen LogP contribution in [0.4, 0.5) is 17.1 Å². The van der Waals surface area contributed by atoms with E-state index >= 15 is 0 Å². The highest BCUT2D eigenvalue weighted by molar-refractivity contribution is 5.97. The Morgan fingerprint density at radius 1 is 0.871 bits per heavy atom. The molecule has 5 heteroatoms. The van der Waals surface area contributed by atoms with Crippen molar-refractivity contribution in [1.29, 1.82) is 0 Å². The number of anilines is 3. The number of hydrogen-bond donors (Lipinski definition) is 2. The van der Waals surface area contributed by atoms with Crippen molar-refractivity contribution < 1.29 is 9.53 Å². The monoisotopic (exact) mass is 415 g/mol. The molecule has 0 unspecified atom stereocenters. The van der Waals surface area contributed by atoms with Gasteiger partial charge in [-0.3, -0.25) is 4.79 Å². The Labute approximate surface area is 184 Å². The number of nitrogens with one attached hydrogen (secondary N) is 2. The third kappa shape index (κ3) is 5.37. The lowest BCUT2D eigenvalue weighted by Crippen LogP contribution is -2.29.